The number of pyridine rings is 1. The van der Waals surface area contributed by atoms with E-state index in [-0.39, 0.29) is 17.9 Å². The van der Waals surface area contributed by atoms with Crippen molar-refractivity contribution in [3.05, 3.63) is 69.4 Å². The van der Waals surface area contributed by atoms with Gasteiger partial charge in [-0.1, -0.05) is 12.1 Å². The number of benzene rings is 1. The monoisotopic (exact) mass is 511 g/mol. The van der Waals surface area contributed by atoms with E-state index in [9.17, 15) is 14.4 Å². The van der Waals surface area contributed by atoms with Crippen molar-refractivity contribution in [3.8, 4) is 5.75 Å². The van der Waals surface area contributed by atoms with Crippen molar-refractivity contribution in [2.24, 2.45) is 0 Å². The van der Waals surface area contributed by atoms with Crippen LogP contribution in [-0.2, 0) is 15.9 Å². The summed E-state index contributed by atoms with van der Waals surface area (Å²) in [7, 11) is 2.79. The van der Waals surface area contributed by atoms with Crippen LogP contribution in [0.5, 0.6) is 5.75 Å². The van der Waals surface area contributed by atoms with Crippen LogP contribution in [0.25, 0.3) is 0 Å². The molecule has 1 unspecified atom stereocenters. The molecule has 36 heavy (non-hydrogen) atoms. The number of ether oxygens (including phenoxy) is 3. The topological polar surface area (TPSA) is 117 Å². The van der Waals surface area contributed by atoms with E-state index < -0.39 is 23.6 Å². The van der Waals surface area contributed by atoms with E-state index in [1.54, 1.807) is 57.2 Å². The molecule has 0 radical (unpaired) electrons. The average molecular weight is 512 g/mol. The Morgan fingerprint density at radius 1 is 1.11 bits per heavy atom. The first-order valence-corrected chi connectivity index (χ1v) is 12.0. The van der Waals surface area contributed by atoms with Gasteiger partial charge in [0, 0.05) is 24.4 Å². The van der Waals surface area contributed by atoms with E-state index in [4.69, 9.17) is 14.2 Å². The van der Waals surface area contributed by atoms with Crippen molar-refractivity contribution < 1.29 is 28.6 Å². The van der Waals surface area contributed by atoms with Crippen LogP contribution in [0.3, 0.4) is 0 Å². The molecule has 3 aromatic rings. The first kappa shape index (κ1) is 26.8. The van der Waals surface area contributed by atoms with Crippen molar-refractivity contribution in [2.75, 3.05) is 19.5 Å². The van der Waals surface area contributed by atoms with E-state index in [1.807, 2.05) is 6.92 Å². The molecule has 0 aliphatic rings. The molecule has 1 N–H and O–H groups in total. The van der Waals surface area contributed by atoms with E-state index in [0.29, 0.717) is 27.6 Å². The molecule has 0 saturated heterocycles. The van der Waals surface area contributed by atoms with Gasteiger partial charge in [-0.05, 0) is 51.5 Å². The second kappa shape index (κ2) is 11.3. The molecule has 0 aliphatic carbocycles. The predicted molar refractivity (Wildman–Crippen MR) is 136 cm³/mol. The SMILES string of the molecule is COC(=O)c1cccc(CC(C(=O)c2cnc(C)s2)c2ccc(OC)cc2NC(=O)OC(C)(C)C)n1. The summed E-state index contributed by atoms with van der Waals surface area (Å²) >= 11 is 1.28. The van der Waals surface area contributed by atoms with Gasteiger partial charge in [0.15, 0.2) is 5.78 Å². The smallest absolute Gasteiger partial charge is 0.412 e. The summed E-state index contributed by atoms with van der Waals surface area (Å²) in [6.07, 6.45) is 1.04. The lowest BCUT2D eigenvalue weighted by atomic mass is 9.88. The summed E-state index contributed by atoms with van der Waals surface area (Å²) in [4.78, 5) is 47.4. The number of esters is 1. The molecule has 0 spiro atoms. The molecule has 9 nitrogen and oxygen atoms in total. The first-order valence-electron chi connectivity index (χ1n) is 11.2. The molecule has 0 fully saturated rings. The Morgan fingerprint density at radius 3 is 2.47 bits per heavy atom. The highest BCUT2D eigenvalue weighted by molar-refractivity contribution is 7.13. The quantitative estimate of drug-likeness (QED) is 0.324. The number of methoxy groups -OCH3 is 2. The zero-order valence-electron chi connectivity index (χ0n) is 21.1. The number of nitrogens with zero attached hydrogens (tertiary/aromatic N) is 2. The molecule has 0 saturated carbocycles. The van der Waals surface area contributed by atoms with E-state index >= 15 is 0 Å². The number of carbonyl (C=O) groups is 3. The van der Waals surface area contributed by atoms with Crippen LogP contribution in [0.2, 0.25) is 0 Å². The highest BCUT2D eigenvalue weighted by atomic mass is 32.1. The van der Waals surface area contributed by atoms with Gasteiger partial charge >= 0.3 is 12.1 Å². The molecule has 0 aliphatic heterocycles. The van der Waals surface area contributed by atoms with E-state index in [2.05, 4.69) is 15.3 Å². The van der Waals surface area contributed by atoms with Gasteiger partial charge in [-0.25, -0.2) is 19.6 Å². The van der Waals surface area contributed by atoms with Gasteiger partial charge in [0.1, 0.15) is 17.0 Å². The molecule has 10 heteroatoms. The maximum atomic E-state index is 13.7. The third kappa shape index (κ3) is 6.88. The van der Waals surface area contributed by atoms with Crippen molar-refractivity contribution in [1.82, 2.24) is 9.97 Å². The zero-order valence-corrected chi connectivity index (χ0v) is 21.9. The summed E-state index contributed by atoms with van der Waals surface area (Å²) in [5.41, 5.74) is 0.847. The van der Waals surface area contributed by atoms with Crippen LogP contribution in [0.15, 0.2) is 42.6 Å². The number of thiazole rings is 1. The maximum absolute atomic E-state index is 13.7. The Kier molecular flexibility index (Phi) is 8.41. The number of rotatable bonds is 8. The average Bonchev–Trinajstić information content (AvgIpc) is 3.27. The van der Waals surface area contributed by atoms with Crippen LogP contribution < -0.4 is 10.1 Å². The van der Waals surface area contributed by atoms with Crippen LogP contribution in [0.1, 0.15) is 63.1 Å². The lowest BCUT2D eigenvalue weighted by Gasteiger charge is -2.23. The molecule has 0 bridgehead atoms. The van der Waals surface area contributed by atoms with Crippen LogP contribution in [0, 0.1) is 6.92 Å². The number of ketones is 1. The van der Waals surface area contributed by atoms with Gasteiger partial charge in [0.05, 0.1) is 35.7 Å². The summed E-state index contributed by atoms with van der Waals surface area (Å²) in [6.45, 7) is 7.10. The van der Waals surface area contributed by atoms with Crippen molar-refractivity contribution >= 4 is 34.9 Å². The van der Waals surface area contributed by atoms with Crippen LogP contribution in [0.4, 0.5) is 10.5 Å². The van der Waals surface area contributed by atoms with Crippen LogP contribution >= 0.6 is 11.3 Å². The Balaban J connectivity index is 2.08. The van der Waals surface area contributed by atoms with E-state index in [0.717, 1.165) is 5.01 Å². The fraction of sp³-hybridized carbons (Fsp3) is 0.346. The molecule has 3 rings (SSSR count). The van der Waals surface area contributed by atoms with Gasteiger partial charge in [0.2, 0.25) is 0 Å². The lowest BCUT2D eigenvalue weighted by molar-refractivity contribution is 0.0591. The van der Waals surface area contributed by atoms with Gasteiger partial charge in [0.25, 0.3) is 0 Å². The minimum absolute atomic E-state index is 0.136. The van der Waals surface area contributed by atoms with Crippen LogP contribution in [-0.4, -0.2) is 47.6 Å². The van der Waals surface area contributed by atoms with Crippen molar-refractivity contribution in [3.63, 3.8) is 0 Å². The summed E-state index contributed by atoms with van der Waals surface area (Å²) in [6, 6.07) is 10.0. The molecule has 1 atom stereocenters. The summed E-state index contributed by atoms with van der Waals surface area (Å²) in [5.74, 6) is -1.02. The second-order valence-electron chi connectivity index (χ2n) is 8.95. The number of nitrogens with one attached hydrogen (secondary N) is 1. The highest BCUT2D eigenvalue weighted by Gasteiger charge is 2.29. The van der Waals surface area contributed by atoms with Gasteiger partial charge < -0.3 is 14.2 Å². The van der Waals surface area contributed by atoms with Gasteiger partial charge in [-0.2, -0.15) is 0 Å². The Hall–Kier alpha value is -3.79. The van der Waals surface area contributed by atoms with E-state index in [1.165, 1.54) is 31.8 Å². The third-order valence-electron chi connectivity index (χ3n) is 5.07. The fourth-order valence-corrected chi connectivity index (χ4v) is 4.27. The molecular weight excluding hydrogens is 482 g/mol. The normalized spacial score (nSPS) is 11.9. The Morgan fingerprint density at radius 2 is 1.86 bits per heavy atom. The number of anilines is 1. The molecule has 2 heterocycles. The molecule has 190 valence electrons. The molecule has 2 aromatic heterocycles. The number of aryl methyl sites for hydroxylation is 1. The maximum Gasteiger partial charge on any atom is 0.412 e. The molecule has 1 amide bonds. The standard InChI is InChI=1S/C26H29N3O6S/c1-15-27-14-22(36-15)23(30)19(12-16-8-7-9-20(28-16)24(31)34-6)18-11-10-17(33-5)13-21(18)29-25(32)35-26(2,3)4/h7-11,13-14,19H,12H2,1-6H3,(H,29,32). The fourth-order valence-electron chi connectivity index (χ4n) is 3.50. The zero-order chi connectivity index (χ0) is 26.5. The number of carbonyl (C=O) groups excluding carboxylic acids is 3. The summed E-state index contributed by atoms with van der Waals surface area (Å²) < 4.78 is 15.5. The van der Waals surface area contributed by atoms with Gasteiger partial charge in [-0.15, -0.1) is 11.3 Å². The first-order chi connectivity index (χ1) is 17.0. The Bertz CT molecular complexity index is 1260. The number of hydrogen-bond donors (Lipinski definition) is 1. The van der Waals surface area contributed by atoms with Gasteiger partial charge in [-0.3, -0.25) is 10.1 Å². The van der Waals surface area contributed by atoms with Crippen molar-refractivity contribution in [2.45, 2.75) is 45.6 Å². The van der Waals surface area contributed by atoms with Crippen molar-refractivity contribution in [1.29, 1.82) is 0 Å². The third-order valence-corrected chi connectivity index (χ3v) is 5.99. The Labute approximate surface area is 213 Å². The largest absolute Gasteiger partial charge is 0.497 e. The second-order valence-corrected chi connectivity index (χ2v) is 10.2. The lowest BCUT2D eigenvalue weighted by Crippen LogP contribution is -2.28. The summed E-state index contributed by atoms with van der Waals surface area (Å²) in [5, 5.41) is 3.51. The highest BCUT2D eigenvalue weighted by Crippen LogP contribution is 2.34. The number of Topliss-reactive ketones (excluding diaryl/α,β-unsaturated/α-hetero) is 1. The number of aromatic nitrogens is 2. The minimum atomic E-state index is -0.749. The predicted octanol–water partition coefficient (Wildman–Crippen LogP) is 5.20. The molecular formula is C26H29N3O6S. The minimum Gasteiger partial charge on any atom is -0.497 e. The number of amides is 1. The number of hydrogen-bond acceptors (Lipinski definition) is 9. The molecule has 1 aromatic carbocycles.